The zero-order chi connectivity index (χ0) is 19.6. The minimum atomic E-state index is -0.497. The molecule has 0 aliphatic heterocycles. The van der Waals surface area contributed by atoms with E-state index in [9.17, 15) is 9.59 Å². The van der Waals surface area contributed by atoms with E-state index >= 15 is 0 Å². The topological polar surface area (TPSA) is 98.1 Å². The van der Waals surface area contributed by atoms with Crippen molar-refractivity contribution in [2.45, 2.75) is 19.4 Å². The van der Waals surface area contributed by atoms with Crippen LogP contribution >= 0.6 is 0 Å². The third-order valence-electron chi connectivity index (χ3n) is 3.86. The number of ether oxygens (including phenoxy) is 1. The van der Waals surface area contributed by atoms with Gasteiger partial charge in [-0.05, 0) is 24.1 Å². The molecule has 0 aliphatic carbocycles. The van der Waals surface area contributed by atoms with Gasteiger partial charge in [0.05, 0.1) is 11.9 Å². The van der Waals surface area contributed by atoms with E-state index < -0.39 is 6.09 Å². The van der Waals surface area contributed by atoms with Gasteiger partial charge in [-0.3, -0.25) is 9.36 Å². The number of aromatic nitrogens is 3. The van der Waals surface area contributed by atoms with Crippen molar-refractivity contribution in [3.05, 3.63) is 72.9 Å². The summed E-state index contributed by atoms with van der Waals surface area (Å²) < 4.78 is 6.88. The number of anilines is 1. The van der Waals surface area contributed by atoms with Gasteiger partial charge >= 0.3 is 6.09 Å². The molecule has 2 amide bonds. The number of alkyl carbamates (subject to hydrolysis) is 1. The molecule has 28 heavy (non-hydrogen) atoms. The molecule has 0 unspecified atom stereocenters. The molecule has 0 saturated heterocycles. The Kier molecular flexibility index (Phi) is 6.73. The zero-order valence-electron chi connectivity index (χ0n) is 15.2. The second-order valence-corrected chi connectivity index (χ2v) is 6.02. The minimum Gasteiger partial charge on any atom is -0.445 e. The first kappa shape index (κ1) is 19.1. The molecule has 2 aromatic heterocycles. The van der Waals surface area contributed by atoms with Crippen molar-refractivity contribution in [3.63, 3.8) is 0 Å². The fraction of sp³-hybridized carbons (Fsp3) is 0.200. The lowest BCUT2D eigenvalue weighted by molar-refractivity contribution is -0.116. The number of nitrogens with one attached hydrogen (secondary N) is 2. The maximum atomic E-state index is 12.0. The van der Waals surface area contributed by atoms with E-state index in [4.69, 9.17) is 4.74 Å². The maximum Gasteiger partial charge on any atom is 0.407 e. The van der Waals surface area contributed by atoms with E-state index in [1.807, 2.05) is 30.3 Å². The molecule has 3 aromatic rings. The molecule has 0 bridgehead atoms. The number of amides is 2. The van der Waals surface area contributed by atoms with E-state index in [1.54, 1.807) is 41.6 Å². The predicted molar refractivity (Wildman–Crippen MR) is 104 cm³/mol. The molecule has 8 heteroatoms. The molecule has 0 spiro atoms. The third kappa shape index (κ3) is 5.94. The van der Waals surface area contributed by atoms with Gasteiger partial charge in [-0.1, -0.05) is 30.3 Å². The molecule has 0 saturated carbocycles. The van der Waals surface area contributed by atoms with Crippen LogP contribution in [-0.4, -0.2) is 33.1 Å². The van der Waals surface area contributed by atoms with Gasteiger partial charge in [0.1, 0.15) is 18.8 Å². The SMILES string of the molecule is O=C(CCCNC(=O)OCc1ccccc1)Nc1ccc(-n2ccnc2)nc1. The summed E-state index contributed by atoms with van der Waals surface area (Å²) in [7, 11) is 0. The highest BCUT2D eigenvalue weighted by Crippen LogP contribution is 2.10. The highest BCUT2D eigenvalue weighted by molar-refractivity contribution is 5.90. The Bertz CT molecular complexity index is 880. The molecule has 0 aliphatic rings. The van der Waals surface area contributed by atoms with Crippen molar-refractivity contribution >= 4 is 17.7 Å². The maximum absolute atomic E-state index is 12.0. The van der Waals surface area contributed by atoms with E-state index in [1.165, 1.54) is 0 Å². The van der Waals surface area contributed by atoms with Crippen LogP contribution in [0.3, 0.4) is 0 Å². The van der Waals surface area contributed by atoms with Crippen molar-refractivity contribution in [1.29, 1.82) is 0 Å². The Hall–Kier alpha value is -3.68. The summed E-state index contributed by atoms with van der Waals surface area (Å²) in [6, 6.07) is 13.0. The van der Waals surface area contributed by atoms with E-state index in [0.717, 1.165) is 5.56 Å². The lowest BCUT2D eigenvalue weighted by Crippen LogP contribution is -2.26. The summed E-state index contributed by atoms with van der Waals surface area (Å²) in [4.78, 5) is 31.9. The lowest BCUT2D eigenvalue weighted by Gasteiger charge is -2.08. The Balaban J connectivity index is 1.31. The number of pyridine rings is 1. The summed E-state index contributed by atoms with van der Waals surface area (Å²) >= 11 is 0. The quantitative estimate of drug-likeness (QED) is 0.587. The van der Waals surface area contributed by atoms with E-state index in [0.29, 0.717) is 24.5 Å². The van der Waals surface area contributed by atoms with Crippen LogP contribution in [0.15, 0.2) is 67.4 Å². The van der Waals surface area contributed by atoms with Crippen LogP contribution in [0.1, 0.15) is 18.4 Å². The Morgan fingerprint density at radius 3 is 2.68 bits per heavy atom. The van der Waals surface area contributed by atoms with Gasteiger partial charge in [0.2, 0.25) is 5.91 Å². The first-order valence-electron chi connectivity index (χ1n) is 8.89. The van der Waals surface area contributed by atoms with Gasteiger partial charge in [-0.25, -0.2) is 14.8 Å². The van der Waals surface area contributed by atoms with Gasteiger partial charge in [-0.15, -0.1) is 0 Å². The molecule has 1 aromatic carbocycles. The Labute approximate surface area is 162 Å². The number of imidazole rings is 1. The fourth-order valence-electron chi connectivity index (χ4n) is 2.44. The van der Waals surface area contributed by atoms with Crippen molar-refractivity contribution in [3.8, 4) is 5.82 Å². The van der Waals surface area contributed by atoms with Crippen molar-refractivity contribution < 1.29 is 14.3 Å². The first-order valence-corrected chi connectivity index (χ1v) is 8.89. The minimum absolute atomic E-state index is 0.142. The summed E-state index contributed by atoms with van der Waals surface area (Å²) in [6.07, 6.45) is 6.99. The van der Waals surface area contributed by atoms with E-state index in [2.05, 4.69) is 20.6 Å². The second-order valence-electron chi connectivity index (χ2n) is 6.02. The summed E-state index contributed by atoms with van der Waals surface area (Å²) in [6.45, 7) is 0.577. The van der Waals surface area contributed by atoms with Crippen molar-refractivity contribution in [2.24, 2.45) is 0 Å². The third-order valence-corrected chi connectivity index (χ3v) is 3.86. The monoisotopic (exact) mass is 379 g/mol. The van der Waals surface area contributed by atoms with Crippen molar-refractivity contribution in [1.82, 2.24) is 19.9 Å². The van der Waals surface area contributed by atoms with Crippen LogP contribution in [0.5, 0.6) is 0 Å². The van der Waals surface area contributed by atoms with Crippen LogP contribution in [0.2, 0.25) is 0 Å². The van der Waals surface area contributed by atoms with Gasteiger partial charge in [0.15, 0.2) is 0 Å². The van der Waals surface area contributed by atoms with Crippen molar-refractivity contribution in [2.75, 3.05) is 11.9 Å². The average Bonchev–Trinajstić information content (AvgIpc) is 3.26. The first-order chi connectivity index (χ1) is 13.7. The fourth-order valence-corrected chi connectivity index (χ4v) is 2.44. The molecule has 2 heterocycles. The molecule has 0 fully saturated rings. The van der Waals surface area contributed by atoms with Gasteiger partial charge in [0, 0.05) is 25.4 Å². The van der Waals surface area contributed by atoms with Crippen LogP contribution in [0.25, 0.3) is 5.82 Å². The number of benzene rings is 1. The van der Waals surface area contributed by atoms with Crippen LogP contribution in [0.4, 0.5) is 10.5 Å². The molecule has 0 radical (unpaired) electrons. The standard InChI is InChI=1S/C20H21N5O3/c26-19(24-17-8-9-18(23-13-17)25-12-11-21-15-25)7-4-10-22-20(27)28-14-16-5-2-1-3-6-16/h1-3,5-6,8-9,11-13,15H,4,7,10,14H2,(H,22,27)(H,24,26). The van der Waals surface area contributed by atoms with E-state index in [-0.39, 0.29) is 18.9 Å². The summed E-state index contributed by atoms with van der Waals surface area (Å²) in [5.41, 5.74) is 1.54. The van der Waals surface area contributed by atoms with Gasteiger partial charge in [0.25, 0.3) is 0 Å². The smallest absolute Gasteiger partial charge is 0.407 e. The lowest BCUT2D eigenvalue weighted by atomic mass is 10.2. The molecule has 8 nitrogen and oxygen atoms in total. The largest absolute Gasteiger partial charge is 0.445 e. The summed E-state index contributed by atoms with van der Waals surface area (Å²) in [5.74, 6) is 0.574. The average molecular weight is 379 g/mol. The van der Waals surface area contributed by atoms with Crippen LogP contribution in [0, 0.1) is 0 Å². The second kappa shape index (κ2) is 9.86. The number of nitrogens with zero attached hydrogens (tertiary/aromatic N) is 3. The summed E-state index contributed by atoms with van der Waals surface area (Å²) in [5, 5.41) is 5.41. The Morgan fingerprint density at radius 2 is 1.96 bits per heavy atom. The number of hydrogen-bond donors (Lipinski definition) is 2. The number of carbonyl (C=O) groups is 2. The predicted octanol–water partition coefficient (Wildman–Crippen LogP) is 2.91. The Morgan fingerprint density at radius 1 is 1.11 bits per heavy atom. The molecular weight excluding hydrogens is 358 g/mol. The molecule has 144 valence electrons. The number of carbonyl (C=O) groups excluding carboxylic acids is 2. The zero-order valence-corrected chi connectivity index (χ0v) is 15.2. The highest BCUT2D eigenvalue weighted by Gasteiger charge is 2.06. The number of hydrogen-bond acceptors (Lipinski definition) is 5. The molecule has 0 atom stereocenters. The van der Waals surface area contributed by atoms with Gasteiger partial charge in [-0.2, -0.15) is 0 Å². The van der Waals surface area contributed by atoms with Crippen LogP contribution in [-0.2, 0) is 16.1 Å². The number of rotatable bonds is 8. The normalized spacial score (nSPS) is 10.3. The molecule has 3 rings (SSSR count). The highest BCUT2D eigenvalue weighted by atomic mass is 16.5. The molecule has 2 N–H and O–H groups in total. The molecular formula is C20H21N5O3. The van der Waals surface area contributed by atoms with Crippen LogP contribution < -0.4 is 10.6 Å². The van der Waals surface area contributed by atoms with Gasteiger partial charge < -0.3 is 15.4 Å².